The zero-order valence-electron chi connectivity index (χ0n) is 9.87. The van der Waals surface area contributed by atoms with Crippen LogP contribution in [0.15, 0.2) is 46.2 Å². The zero-order valence-corrected chi connectivity index (χ0v) is 10.7. The van der Waals surface area contributed by atoms with Crippen LogP contribution in [0.3, 0.4) is 0 Å². The summed E-state index contributed by atoms with van der Waals surface area (Å²) in [6.07, 6.45) is 0.346. The molecule has 0 fully saturated rings. The zero-order chi connectivity index (χ0) is 12.7. The van der Waals surface area contributed by atoms with Gasteiger partial charge in [-0.3, -0.25) is 4.79 Å². The SMILES string of the molecule is Cc1ccc2c(c1)Sc1ccc(F)cc1C(=O)C2. The normalized spacial score (nSPS) is 13.8. The van der Waals surface area contributed by atoms with Crippen LogP contribution in [0.25, 0.3) is 0 Å². The molecular formula is C15H11FOS. The maximum atomic E-state index is 13.2. The van der Waals surface area contributed by atoms with E-state index in [4.69, 9.17) is 0 Å². The largest absolute Gasteiger partial charge is 0.294 e. The number of hydrogen-bond donors (Lipinski definition) is 0. The summed E-state index contributed by atoms with van der Waals surface area (Å²) in [5.41, 5.74) is 2.68. The van der Waals surface area contributed by atoms with E-state index in [9.17, 15) is 9.18 Å². The Balaban J connectivity index is 2.17. The number of ketones is 1. The van der Waals surface area contributed by atoms with Crippen molar-refractivity contribution in [2.45, 2.75) is 23.1 Å². The third kappa shape index (κ3) is 1.95. The van der Waals surface area contributed by atoms with Crippen LogP contribution in [-0.4, -0.2) is 5.78 Å². The fourth-order valence-corrected chi connectivity index (χ4v) is 3.27. The minimum atomic E-state index is -0.357. The van der Waals surface area contributed by atoms with Crippen LogP contribution in [0.5, 0.6) is 0 Å². The highest BCUT2D eigenvalue weighted by Crippen LogP contribution is 2.37. The van der Waals surface area contributed by atoms with Crippen molar-refractivity contribution in [1.82, 2.24) is 0 Å². The molecule has 18 heavy (non-hydrogen) atoms. The van der Waals surface area contributed by atoms with E-state index in [1.165, 1.54) is 17.7 Å². The van der Waals surface area contributed by atoms with E-state index in [-0.39, 0.29) is 11.6 Å². The summed E-state index contributed by atoms with van der Waals surface area (Å²) in [5, 5.41) is 0. The molecule has 0 unspecified atom stereocenters. The molecule has 1 nitrogen and oxygen atoms in total. The van der Waals surface area contributed by atoms with Crippen LogP contribution < -0.4 is 0 Å². The van der Waals surface area contributed by atoms with Crippen LogP contribution in [0.2, 0.25) is 0 Å². The average molecular weight is 258 g/mol. The highest BCUT2D eigenvalue weighted by Gasteiger charge is 2.20. The highest BCUT2D eigenvalue weighted by molar-refractivity contribution is 7.99. The summed E-state index contributed by atoms with van der Waals surface area (Å²) in [4.78, 5) is 14.1. The molecule has 1 heterocycles. The first kappa shape index (κ1) is 11.5. The molecule has 1 aliphatic heterocycles. The van der Waals surface area contributed by atoms with Crippen molar-refractivity contribution in [2.75, 3.05) is 0 Å². The molecule has 0 amide bonds. The van der Waals surface area contributed by atoms with Gasteiger partial charge in [0.25, 0.3) is 0 Å². The van der Waals surface area contributed by atoms with Crippen LogP contribution in [-0.2, 0) is 6.42 Å². The molecular weight excluding hydrogens is 247 g/mol. The van der Waals surface area contributed by atoms with Crippen molar-refractivity contribution in [2.24, 2.45) is 0 Å². The Morgan fingerprint density at radius 2 is 1.94 bits per heavy atom. The molecule has 3 heteroatoms. The molecule has 0 bridgehead atoms. The molecule has 0 spiro atoms. The topological polar surface area (TPSA) is 17.1 Å². The number of fused-ring (bicyclic) bond motifs is 2. The predicted octanol–water partition coefficient (Wildman–Crippen LogP) is 4.02. The van der Waals surface area contributed by atoms with E-state index in [0.29, 0.717) is 12.0 Å². The van der Waals surface area contributed by atoms with Crippen molar-refractivity contribution in [3.8, 4) is 0 Å². The van der Waals surface area contributed by atoms with Gasteiger partial charge in [0.1, 0.15) is 5.82 Å². The third-order valence-corrected chi connectivity index (χ3v) is 4.21. The summed E-state index contributed by atoms with van der Waals surface area (Å²) in [6.45, 7) is 2.03. The Morgan fingerprint density at radius 3 is 2.78 bits per heavy atom. The summed E-state index contributed by atoms with van der Waals surface area (Å²) in [7, 11) is 0. The lowest BCUT2D eigenvalue weighted by molar-refractivity contribution is 0.0989. The molecule has 3 rings (SSSR count). The quantitative estimate of drug-likeness (QED) is 0.709. The van der Waals surface area contributed by atoms with Crippen molar-refractivity contribution in [1.29, 1.82) is 0 Å². The number of hydrogen-bond acceptors (Lipinski definition) is 2. The fourth-order valence-electron chi connectivity index (χ4n) is 2.10. The number of aryl methyl sites for hydroxylation is 1. The average Bonchev–Trinajstić information content (AvgIpc) is 2.46. The van der Waals surface area contributed by atoms with E-state index in [2.05, 4.69) is 6.07 Å². The minimum Gasteiger partial charge on any atom is -0.294 e. The van der Waals surface area contributed by atoms with Gasteiger partial charge in [-0.25, -0.2) is 4.39 Å². The van der Waals surface area contributed by atoms with Gasteiger partial charge in [0.2, 0.25) is 0 Å². The van der Waals surface area contributed by atoms with Crippen molar-refractivity contribution in [3.05, 3.63) is 58.9 Å². The van der Waals surface area contributed by atoms with Crippen LogP contribution in [0.1, 0.15) is 21.5 Å². The number of Topliss-reactive ketones (excluding diaryl/α,β-unsaturated/α-hetero) is 1. The van der Waals surface area contributed by atoms with E-state index in [1.54, 1.807) is 17.8 Å². The molecule has 2 aromatic carbocycles. The Hall–Kier alpha value is -1.61. The van der Waals surface area contributed by atoms with Crippen LogP contribution >= 0.6 is 11.8 Å². The summed E-state index contributed by atoms with van der Waals surface area (Å²) in [5.74, 6) is -0.371. The number of carbonyl (C=O) groups excluding carboxylic acids is 1. The fraction of sp³-hybridized carbons (Fsp3) is 0.133. The predicted molar refractivity (Wildman–Crippen MR) is 69.7 cm³/mol. The van der Waals surface area contributed by atoms with Crippen LogP contribution in [0.4, 0.5) is 4.39 Å². The molecule has 0 N–H and O–H groups in total. The number of carbonyl (C=O) groups is 1. The molecule has 0 aliphatic carbocycles. The lowest BCUT2D eigenvalue weighted by Gasteiger charge is -2.05. The van der Waals surface area contributed by atoms with Gasteiger partial charge in [0, 0.05) is 21.8 Å². The second kappa shape index (κ2) is 4.25. The van der Waals surface area contributed by atoms with Gasteiger partial charge in [-0.1, -0.05) is 23.9 Å². The molecule has 1 aliphatic rings. The minimum absolute atomic E-state index is 0.0143. The van der Waals surface area contributed by atoms with E-state index < -0.39 is 0 Å². The van der Waals surface area contributed by atoms with Crippen LogP contribution in [0, 0.1) is 12.7 Å². The van der Waals surface area contributed by atoms with Gasteiger partial charge in [0.15, 0.2) is 5.78 Å². The van der Waals surface area contributed by atoms with Gasteiger partial charge in [-0.15, -0.1) is 0 Å². The Bertz CT molecular complexity index is 649. The molecule has 90 valence electrons. The van der Waals surface area contributed by atoms with E-state index in [0.717, 1.165) is 15.4 Å². The first-order valence-corrected chi connectivity index (χ1v) is 6.55. The lowest BCUT2D eigenvalue weighted by Crippen LogP contribution is -2.03. The number of benzene rings is 2. The van der Waals surface area contributed by atoms with Gasteiger partial charge in [-0.2, -0.15) is 0 Å². The Labute approximate surface area is 109 Å². The molecule has 0 saturated carbocycles. The number of rotatable bonds is 0. The third-order valence-electron chi connectivity index (χ3n) is 3.04. The smallest absolute Gasteiger partial charge is 0.168 e. The molecule has 0 aromatic heterocycles. The first-order chi connectivity index (χ1) is 8.63. The Morgan fingerprint density at radius 1 is 1.11 bits per heavy atom. The van der Waals surface area contributed by atoms with Gasteiger partial charge in [-0.05, 0) is 42.3 Å². The van der Waals surface area contributed by atoms with Gasteiger partial charge < -0.3 is 0 Å². The molecule has 2 aromatic rings. The standard InChI is InChI=1S/C15H11FOS/c1-9-2-3-10-7-13(17)12-8-11(16)4-5-14(12)18-15(10)6-9/h2-6,8H,7H2,1H3. The maximum absolute atomic E-state index is 13.2. The lowest BCUT2D eigenvalue weighted by atomic mass is 10.0. The summed E-state index contributed by atoms with van der Waals surface area (Å²) < 4.78 is 13.2. The maximum Gasteiger partial charge on any atom is 0.168 e. The molecule has 0 atom stereocenters. The highest BCUT2D eigenvalue weighted by atomic mass is 32.2. The summed E-state index contributed by atoms with van der Waals surface area (Å²) in [6, 6.07) is 10.5. The summed E-state index contributed by atoms with van der Waals surface area (Å²) >= 11 is 1.54. The second-order valence-electron chi connectivity index (χ2n) is 4.45. The first-order valence-electron chi connectivity index (χ1n) is 5.73. The van der Waals surface area contributed by atoms with Crippen molar-refractivity contribution >= 4 is 17.5 Å². The molecule has 0 radical (unpaired) electrons. The molecule has 0 saturated heterocycles. The Kier molecular flexibility index (Phi) is 2.71. The second-order valence-corrected chi connectivity index (χ2v) is 5.54. The van der Waals surface area contributed by atoms with E-state index in [1.807, 2.05) is 19.1 Å². The van der Waals surface area contributed by atoms with Crippen molar-refractivity contribution in [3.63, 3.8) is 0 Å². The van der Waals surface area contributed by atoms with E-state index >= 15 is 0 Å². The van der Waals surface area contributed by atoms with Gasteiger partial charge in [0.05, 0.1) is 0 Å². The van der Waals surface area contributed by atoms with Crippen molar-refractivity contribution < 1.29 is 9.18 Å². The number of halogens is 1. The monoisotopic (exact) mass is 258 g/mol. The van der Waals surface area contributed by atoms with Gasteiger partial charge >= 0.3 is 0 Å².